The zero-order valence-electron chi connectivity index (χ0n) is 19.4. The maximum Gasteiger partial charge on any atom is 0.147 e. The highest BCUT2D eigenvalue weighted by molar-refractivity contribution is 9.11. The van der Waals surface area contributed by atoms with E-state index < -0.39 is 8.07 Å². The van der Waals surface area contributed by atoms with E-state index in [-0.39, 0.29) is 6.04 Å². The Morgan fingerprint density at radius 2 is 1.97 bits per heavy atom. The van der Waals surface area contributed by atoms with Crippen LogP contribution in [-0.2, 0) is 11.5 Å². The minimum atomic E-state index is -1.13. The van der Waals surface area contributed by atoms with Crippen molar-refractivity contribution in [3.63, 3.8) is 0 Å². The molecule has 0 N–H and O–H groups in total. The molecule has 10 heteroatoms. The summed E-state index contributed by atoms with van der Waals surface area (Å²) in [7, 11) is -1.13. The zero-order chi connectivity index (χ0) is 23.6. The Morgan fingerprint density at radius 1 is 1.21 bits per heavy atom. The maximum atomic E-state index is 9.42. The molecule has 0 radical (unpaired) electrons. The molecule has 3 aromatic heterocycles. The van der Waals surface area contributed by atoms with Crippen molar-refractivity contribution in [3.05, 3.63) is 27.8 Å². The minimum Gasteiger partial charge on any atom is -0.361 e. The first-order valence-corrected chi connectivity index (χ1v) is 16.8. The van der Waals surface area contributed by atoms with Gasteiger partial charge in [0.25, 0.3) is 0 Å². The zero-order valence-corrected chi connectivity index (χ0v) is 23.6. The summed E-state index contributed by atoms with van der Waals surface area (Å²) in [6.45, 7) is 8.26. The van der Waals surface area contributed by atoms with E-state index in [1.165, 1.54) is 12.8 Å². The molecule has 0 spiro atoms. The number of halogens is 2. The lowest BCUT2D eigenvalue weighted by Crippen LogP contribution is -2.22. The Morgan fingerprint density at radius 3 is 2.67 bits per heavy atom. The van der Waals surface area contributed by atoms with Gasteiger partial charge in [0.05, 0.1) is 35.2 Å². The second-order valence-corrected chi connectivity index (χ2v) is 17.2. The van der Waals surface area contributed by atoms with E-state index in [2.05, 4.69) is 67.5 Å². The second-order valence-electron chi connectivity index (χ2n) is 10.0. The first-order valence-electron chi connectivity index (χ1n) is 11.5. The van der Waals surface area contributed by atoms with E-state index in [1.807, 2.05) is 21.6 Å². The molecule has 176 valence electrons. The summed E-state index contributed by atoms with van der Waals surface area (Å²) in [6.07, 6.45) is 10.9. The van der Waals surface area contributed by atoms with Crippen LogP contribution < -0.4 is 0 Å². The summed E-state index contributed by atoms with van der Waals surface area (Å²) < 4.78 is 11.6. The van der Waals surface area contributed by atoms with Crippen LogP contribution in [0.2, 0.25) is 25.7 Å². The van der Waals surface area contributed by atoms with Gasteiger partial charge in [0, 0.05) is 31.5 Å². The highest BCUT2D eigenvalue weighted by atomic mass is 79.9. The van der Waals surface area contributed by atoms with Crippen molar-refractivity contribution >= 4 is 51.0 Å². The number of aromatic nitrogens is 5. The Kier molecular flexibility index (Phi) is 7.73. The fourth-order valence-electron chi connectivity index (χ4n) is 4.53. The van der Waals surface area contributed by atoms with E-state index in [1.54, 1.807) is 6.33 Å². The smallest absolute Gasteiger partial charge is 0.147 e. The lowest BCUT2D eigenvalue weighted by Gasteiger charge is -2.21. The summed E-state index contributed by atoms with van der Waals surface area (Å²) in [6, 6.07) is 3.58. The van der Waals surface area contributed by atoms with Crippen LogP contribution in [0.15, 0.2) is 27.8 Å². The van der Waals surface area contributed by atoms with Gasteiger partial charge in [-0.05, 0) is 56.7 Å². The molecule has 0 bridgehead atoms. The molecule has 1 unspecified atom stereocenters. The van der Waals surface area contributed by atoms with Crippen molar-refractivity contribution in [3.8, 4) is 17.3 Å². The van der Waals surface area contributed by atoms with Gasteiger partial charge in [0.15, 0.2) is 0 Å². The minimum absolute atomic E-state index is 0.0904. The molecule has 3 aromatic rings. The third-order valence-corrected chi connectivity index (χ3v) is 9.25. The third kappa shape index (κ3) is 5.58. The molecule has 1 fully saturated rings. The number of hydrogen-bond acceptors (Lipinski definition) is 5. The molecule has 3 heterocycles. The van der Waals surface area contributed by atoms with Gasteiger partial charge >= 0.3 is 0 Å². The van der Waals surface area contributed by atoms with Gasteiger partial charge in [-0.15, -0.1) is 0 Å². The van der Waals surface area contributed by atoms with E-state index in [0.717, 1.165) is 56.9 Å². The number of rotatable bonds is 9. The number of nitriles is 1. The quantitative estimate of drug-likeness (QED) is 0.202. The molecule has 4 rings (SSSR count). The van der Waals surface area contributed by atoms with Gasteiger partial charge in [-0.25, -0.2) is 9.97 Å². The van der Waals surface area contributed by atoms with Crippen molar-refractivity contribution in [2.24, 2.45) is 5.92 Å². The largest absolute Gasteiger partial charge is 0.361 e. The second kappa shape index (κ2) is 10.4. The maximum absolute atomic E-state index is 9.42. The van der Waals surface area contributed by atoms with Crippen LogP contribution in [-0.4, -0.2) is 39.0 Å². The molecule has 0 aliphatic heterocycles. The van der Waals surface area contributed by atoms with Crippen LogP contribution in [0.5, 0.6) is 0 Å². The van der Waals surface area contributed by atoms with Gasteiger partial charge in [-0.2, -0.15) is 10.4 Å². The first-order chi connectivity index (χ1) is 15.8. The molecule has 0 aromatic carbocycles. The molecule has 0 saturated heterocycles. The summed E-state index contributed by atoms with van der Waals surface area (Å²) >= 11 is 7.36. The van der Waals surface area contributed by atoms with Crippen LogP contribution >= 0.6 is 31.9 Å². The molecule has 33 heavy (non-hydrogen) atoms. The molecule has 0 amide bonds. The van der Waals surface area contributed by atoms with Gasteiger partial charge in [0.2, 0.25) is 0 Å². The van der Waals surface area contributed by atoms with Crippen LogP contribution in [0, 0.1) is 17.2 Å². The standard InChI is InChI=1S/C23H30Br2N6OSi/c1-33(2,3)11-10-32-15-30-13-18(24)20-21(27-14-28-23(20)30)17-12-31(29-22(17)25)19(8-9-26)16-6-4-5-7-16/h12-14,16,19H,4-8,10-11,15H2,1-3H3. The van der Waals surface area contributed by atoms with E-state index in [0.29, 0.717) is 19.1 Å². The number of ether oxygens (including phenoxy) is 1. The van der Waals surface area contributed by atoms with Crippen molar-refractivity contribution in [1.29, 1.82) is 5.26 Å². The Labute approximate surface area is 212 Å². The van der Waals surface area contributed by atoms with E-state index >= 15 is 0 Å². The SMILES string of the molecule is C[Si](C)(C)CCOCn1cc(Br)c2c(-c3cn(C(CC#N)C4CCCC4)nc3Br)ncnc21. The molecule has 1 atom stereocenters. The number of hydrogen-bond donors (Lipinski definition) is 0. The van der Waals surface area contributed by atoms with Crippen LogP contribution in [0.25, 0.3) is 22.3 Å². The van der Waals surface area contributed by atoms with E-state index in [9.17, 15) is 5.26 Å². The Balaban J connectivity index is 1.64. The lowest BCUT2D eigenvalue weighted by molar-refractivity contribution is 0.0898. The van der Waals surface area contributed by atoms with Gasteiger partial charge in [-0.1, -0.05) is 32.5 Å². The third-order valence-electron chi connectivity index (χ3n) is 6.36. The Hall–Kier alpha value is -1.54. The molecule has 7 nitrogen and oxygen atoms in total. The van der Waals surface area contributed by atoms with Crippen molar-refractivity contribution in [1.82, 2.24) is 24.3 Å². The van der Waals surface area contributed by atoms with Gasteiger partial charge in [-0.3, -0.25) is 4.68 Å². The summed E-state index contributed by atoms with van der Waals surface area (Å²) in [5, 5.41) is 15.1. The van der Waals surface area contributed by atoms with Gasteiger partial charge in [0.1, 0.15) is 23.3 Å². The average Bonchev–Trinajstić information content (AvgIpc) is 3.49. The van der Waals surface area contributed by atoms with Crippen molar-refractivity contribution in [2.45, 2.75) is 70.6 Å². The molecule has 1 aliphatic rings. The monoisotopic (exact) mass is 592 g/mol. The highest BCUT2D eigenvalue weighted by Crippen LogP contribution is 2.40. The molecular weight excluding hydrogens is 564 g/mol. The summed E-state index contributed by atoms with van der Waals surface area (Å²) in [4.78, 5) is 9.16. The summed E-state index contributed by atoms with van der Waals surface area (Å²) in [5.74, 6) is 0.496. The van der Waals surface area contributed by atoms with Crippen molar-refractivity contribution < 1.29 is 4.74 Å². The average molecular weight is 594 g/mol. The fourth-order valence-corrected chi connectivity index (χ4v) is 6.37. The first kappa shape index (κ1) is 24.6. The van der Waals surface area contributed by atoms with Crippen LogP contribution in [0.4, 0.5) is 0 Å². The number of nitrogens with zero attached hydrogens (tertiary/aromatic N) is 6. The topological polar surface area (TPSA) is 81.5 Å². The van der Waals surface area contributed by atoms with E-state index in [4.69, 9.17) is 9.84 Å². The molecular formula is C23H30Br2N6OSi. The predicted octanol–water partition coefficient (Wildman–Crippen LogP) is 6.78. The predicted molar refractivity (Wildman–Crippen MR) is 139 cm³/mol. The number of fused-ring (bicyclic) bond motifs is 1. The normalized spacial score (nSPS) is 15.9. The van der Waals surface area contributed by atoms with Gasteiger partial charge < -0.3 is 9.30 Å². The van der Waals surface area contributed by atoms with Crippen LogP contribution in [0.1, 0.15) is 38.1 Å². The van der Waals surface area contributed by atoms with Crippen molar-refractivity contribution in [2.75, 3.05) is 6.61 Å². The Bertz CT molecular complexity index is 1160. The lowest BCUT2D eigenvalue weighted by atomic mass is 9.96. The fraction of sp³-hybridized carbons (Fsp3) is 0.565. The highest BCUT2D eigenvalue weighted by Gasteiger charge is 2.28. The molecule has 1 saturated carbocycles. The summed E-state index contributed by atoms with van der Waals surface area (Å²) in [5.41, 5.74) is 2.54. The molecule has 1 aliphatic carbocycles. The van der Waals surface area contributed by atoms with Crippen LogP contribution in [0.3, 0.4) is 0 Å².